The molecule has 0 saturated carbocycles. The van der Waals surface area contributed by atoms with Crippen LogP contribution in [0.1, 0.15) is 22.3 Å². The largest absolute Gasteiger partial charge is 0.495 e. The number of ether oxygens (including phenoxy) is 1. The number of hydrogen-bond acceptors (Lipinski definition) is 5. The molecule has 0 radical (unpaired) electrons. The lowest BCUT2D eigenvalue weighted by Crippen LogP contribution is -2.51. The number of anilines is 1. The van der Waals surface area contributed by atoms with Crippen LogP contribution in [0, 0.1) is 20.8 Å². The summed E-state index contributed by atoms with van der Waals surface area (Å²) in [5.74, 6) is 0.570. The third-order valence-electron chi connectivity index (χ3n) is 6.84. The Hall–Kier alpha value is -3.07. The first-order valence-electron chi connectivity index (χ1n) is 12.6. The molecule has 1 fully saturated rings. The molecule has 3 aromatic carbocycles. The van der Waals surface area contributed by atoms with Crippen molar-refractivity contribution in [3.63, 3.8) is 0 Å². The Bertz CT molecular complexity index is 1380. The van der Waals surface area contributed by atoms with Crippen LogP contribution in [-0.4, -0.2) is 63.4 Å². The maximum Gasteiger partial charge on any atom is 0.244 e. The molecule has 38 heavy (non-hydrogen) atoms. The number of amides is 1. The minimum atomic E-state index is -3.96. The van der Waals surface area contributed by atoms with E-state index >= 15 is 0 Å². The van der Waals surface area contributed by atoms with Gasteiger partial charge in [0.15, 0.2) is 0 Å². The third kappa shape index (κ3) is 6.14. The molecule has 1 aliphatic rings. The van der Waals surface area contributed by atoms with Crippen LogP contribution < -0.4 is 9.64 Å². The number of nitrogens with zero attached hydrogens (tertiary/aromatic N) is 3. The number of methoxy groups -OCH3 is 1. The molecule has 1 heterocycles. The maximum absolute atomic E-state index is 14.0. The van der Waals surface area contributed by atoms with E-state index in [-0.39, 0.29) is 23.9 Å². The molecule has 0 bridgehead atoms. The molecule has 7 nitrogen and oxygen atoms in total. The minimum Gasteiger partial charge on any atom is -0.495 e. The molecular formula is C29H34ClN3O4S. The molecular weight excluding hydrogens is 522 g/mol. The summed E-state index contributed by atoms with van der Waals surface area (Å²) in [6.07, 6.45) is 0. The van der Waals surface area contributed by atoms with Crippen LogP contribution in [0.3, 0.4) is 0 Å². The molecule has 4 rings (SSSR count). The van der Waals surface area contributed by atoms with Gasteiger partial charge in [-0.15, -0.1) is 0 Å². The first kappa shape index (κ1) is 28.0. The van der Waals surface area contributed by atoms with Gasteiger partial charge in [0.25, 0.3) is 0 Å². The van der Waals surface area contributed by atoms with Crippen molar-refractivity contribution in [2.75, 3.05) is 44.7 Å². The summed E-state index contributed by atoms with van der Waals surface area (Å²) in [5, 5.41) is 0.567. The summed E-state index contributed by atoms with van der Waals surface area (Å²) in [6.45, 7) is 7.61. The van der Waals surface area contributed by atoms with E-state index in [2.05, 4.69) is 4.90 Å². The number of aryl methyl sites for hydroxylation is 3. The summed E-state index contributed by atoms with van der Waals surface area (Å²) in [5.41, 5.74) is 4.07. The SMILES string of the molecule is COc1ccccc1N1CCN(C(=O)CN(Cc2ccc(Cl)cc2)S(=O)(=O)c2c(C)cc(C)cc2C)CC1. The van der Waals surface area contributed by atoms with Crippen molar-refractivity contribution >= 4 is 33.2 Å². The number of carbonyl (C=O) groups excluding carboxylic acids is 1. The number of benzene rings is 3. The quantitative estimate of drug-likeness (QED) is 0.399. The Morgan fingerprint density at radius 2 is 1.55 bits per heavy atom. The number of para-hydroxylation sites is 2. The average Bonchev–Trinajstić information content (AvgIpc) is 2.88. The first-order valence-corrected chi connectivity index (χ1v) is 14.4. The molecule has 1 saturated heterocycles. The Labute approximate surface area is 230 Å². The Balaban J connectivity index is 1.56. The zero-order valence-electron chi connectivity index (χ0n) is 22.3. The number of hydrogen-bond donors (Lipinski definition) is 0. The van der Waals surface area contributed by atoms with Crippen molar-refractivity contribution in [1.29, 1.82) is 0 Å². The lowest BCUT2D eigenvalue weighted by Gasteiger charge is -2.37. The van der Waals surface area contributed by atoms with E-state index in [0.717, 1.165) is 22.6 Å². The molecule has 0 spiro atoms. The van der Waals surface area contributed by atoms with Crippen molar-refractivity contribution in [2.24, 2.45) is 0 Å². The zero-order valence-corrected chi connectivity index (χ0v) is 23.8. The highest BCUT2D eigenvalue weighted by molar-refractivity contribution is 7.89. The van der Waals surface area contributed by atoms with Gasteiger partial charge < -0.3 is 14.5 Å². The number of piperazine rings is 1. The fraction of sp³-hybridized carbons (Fsp3) is 0.345. The lowest BCUT2D eigenvalue weighted by atomic mass is 10.1. The molecule has 3 aromatic rings. The maximum atomic E-state index is 14.0. The normalized spacial score (nSPS) is 14.2. The molecule has 0 aliphatic carbocycles. The Morgan fingerprint density at radius 3 is 2.16 bits per heavy atom. The Morgan fingerprint density at radius 1 is 0.947 bits per heavy atom. The first-order chi connectivity index (χ1) is 18.1. The second kappa shape index (κ2) is 11.8. The highest BCUT2D eigenvalue weighted by Gasteiger charge is 2.32. The molecule has 0 N–H and O–H groups in total. The third-order valence-corrected chi connectivity index (χ3v) is 9.19. The minimum absolute atomic E-state index is 0.0686. The van der Waals surface area contributed by atoms with Gasteiger partial charge in [-0.25, -0.2) is 8.42 Å². The van der Waals surface area contributed by atoms with Gasteiger partial charge in [-0.05, 0) is 61.7 Å². The summed E-state index contributed by atoms with van der Waals surface area (Å²) in [7, 11) is -2.31. The van der Waals surface area contributed by atoms with Gasteiger partial charge in [-0.3, -0.25) is 4.79 Å². The van der Waals surface area contributed by atoms with Crippen LogP contribution >= 0.6 is 11.6 Å². The van der Waals surface area contributed by atoms with E-state index in [0.29, 0.717) is 42.3 Å². The monoisotopic (exact) mass is 555 g/mol. The van der Waals surface area contributed by atoms with Crippen molar-refractivity contribution in [3.05, 3.63) is 87.9 Å². The highest BCUT2D eigenvalue weighted by atomic mass is 35.5. The molecule has 0 unspecified atom stereocenters. The van der Waals surface area contributed by atoms with Crippen LogP contribution in [0.4, 0.5) is 5.69 Å². The van der Waals surface area contributed by atoms with Crippen molar-refractivity contribution in [2.45, 2.75) is 32.2 Å². The Kier molecular flexibility index (Phi) is 8.65. The van der Waals surface area contributed by atoms with Crippen molar-refractivity contribution in [3.8, 4) is 5.75 Å². The van der Waals surface area contributed by atoms with Crippen LogP contribution in [0.2, 0.25) is 5.02 Å². The van der Waals surface area contributed by atoms with E-state index in [1.165, 1.54) is 4.31 Å². The zero-order chi connectivity index (χ0) is 27.4. The van der Waals surface area contributed by atoms with Gasteiger partial charge >= 0.3 is 0 Å². The van der Waals surface area contributed by atoms with Crippen LogP contribution in [0.5, 0.6) is 5.75 Å². The number of halogens is 1. The summed E-state index contributed by atoms with van der Waals surface area (Å²) in [4.78, 5) is 17.7. The van der Waals surface area contributed by atoms with E-state index in [1.807, 2.05) is 43.3 Å². The van der Waals surface area contributed by atoms with Gasteiger partial charge in [0, 0.05) is 37.7 Å². The summed E-state index contributed by atoms with van der Waals surface area (Å²) in [6, 6.07) is 18.6. The van der Waals surface area contributed by atoms with E-state index < -0.39 is 10.0 Å². The van der Waals surface area contributed by atoms with Crippen molar-refractivity contribution in [1.82, 2.24) is 9.21 Å². The molecule has 1 aliphatic heterocycles. The fourth-order valence-corrected chi connectivity index (χ4v) is 6.98. The van der Waals surface area contributed by atoms with Gasteiger partial charge in [-0.1, -0.05) is 53.6 Å². The summed E-state index contributed by atoms with van der Waals surface area (Å²) >= 11 is 6.05. The van der Waals surface area contributed by atoms with Crippen molar-refractivity contribution < 1.29 is 17.9 Å². The molecule has 202 valence electrons. The van der Waals surface area contributed by atoms with Crippen LogP contribution in [0.15, 0.2) is 65.6 Å². The van der Waals surface area contributed by atoms with Crippen LogP contribution in [0.25, 0.3) is 0 Å². The summed E-state index contributed by atoms with van der Waals surface area (Å²) < 4.78 is 34.8. The van der Waals surface area contributed by atoms with Gasteiger partial charge in [-0.2, -0.15) is 4.31 Å². The van der Waals surface area contributed by atoms with Crippen LogP contribution in [-0.2, 0) is 21.4 Å². The van der Waals surface area contributed by atoms with Gasteiger partial charge in [0.1, 0.15) is 5.75 Å². The molecule has 0 atom stereocenters. The second-order valence-corrected chi connectivity index (χ2v) is 12.0. The number of carbonyl (C=O) groups is 1. The van der Waals surface area contributed by atoms with Gasteiger partial charge in [0.05, 0.1) is 24.2 Å². The van der Waals surface area contributed by atoms with E-state index in [1.54, 1.807) is 50.1 Å². The average molecular weight is 556 g/mol. The highest BCUT2D eigenvalue weighted by Crippen LogP contribution is 2.29. The number of sulfonamides is 1. The predicted molar refractivity (Wildman–Crippen MR) is 151 cm³/mol. The van der Waals surface area contributed by atoms with E-state index in [4.69, 9.17) is 16.3 Å². The fourth-order valence-electron chi connectivity index (χ4n) is 5.06. The molecule has 9 heteroatoms. The molecule has 0 aromatic heterocycles. The number of rotatable bonds is 8. The smallest absolute Gasteiger partial charge is 0.244 e. The second-order valence-electron chi connectivity index (χ2n) is 9.67. The topological polar surface area (TPSA) is 70.2 Å². The predicted octanol–water partition coefficient (Wildman–Crippen LogP) is 4.81. The van der Waals surface area contributed by atoms with E-state index in [9.17, 15) is 13.2 Å². The lowest BCUT2D eigenvalue weighted by molar-refractivity contribution is -0.131. The van der Waals surface area contributed by atoms with Gasteiger partial charge in [0.2, 0.25) is 15.9 Å². The standard InChI is InChI=1S/C29H34ClN3O4S/c1-21-17-22(2)29(23(3)18-21)38(35,36)33(19-24-9-11-25(30)12-10-24)20-28(34)32-15-13-31(14-16-32)26-7-5-6-8-27(26)37-4/h5-12,17-18H,13-16,19-20H2,1-4H3. The molecule has 1 amide bonds.